The molecule has 0 fully saturated rings. The number of carbonyl (C=O) groups excluding carboxylic acids is 2. The maximum absolute atomic E-state index is 12.2. The number of nitrogens with one attached hydrogen (secondary N) is 2. The number of halogens is 1. The van der Waals surface area contributed by atoms with E-state index >= 15 is 0 Å². The molecular formula is C21H21ClN4O2. The van der Waals surface area contributed by atoms with E-state index in [0.29, 0.717) is 23.6 Å². The monoisotopic (exact) mass is 396 g/mol. The maximum Gasteiger partial charge on any atom is 0.253 e. The van der Waals surface area contributed by atoms with Gasteiger partial charge in [-0.25, -0.2) is 4.68 Å². The molecule has 1 unspecified atom stereocenters. The Labute approximate surface area is 168 Å². The van der Waals surface area contributed by atoms with Crippen LogP contribution in [-0.4, -0.2) is 34.2 Å². The molecule has 2 amide bonds. The molecule has 7 heteroatoms. The van der Waals surface area contributed by atoms with Gasteiger partial charge in [-0.05, 0) is 49.2 Å². The number of amides is 2. The van der Waals surface area contributed by atoms with Gasteiger partial charge in [0.15, 0.2) is 0 Å². The minimum atomic E-state index is -0.661. The van der Waals surface area contributed by atoms with Crippen molar-refractivity contribution in [3.8, 4) is 5.69 Å². The predicted octanol–water partition coefficient (Wildman–Crippen LogP) is 3.00. The van der Waals surface area contributed by atoms with Gasteiger partial charge in [0.1, 0.15) is 6.04 Å². The first-order valence-electron chi connectivity index (χ1n) is 8.96. The summed E-state index contributed by atoms with van der Waals surface area (Å²) in [7, 11) is 0. The van der Waals surface area contributed by atoms with Crippen molar-refractivity contribution in [2.45, 2.75) is 19.4 Å². The van der Waals surface area contributed by atoms with E-state index in [4.69, 9.17) is 11.6 Å². The zero-order chi connectivity index (χ0) is 19.9. The van der Waals surface area contributed by atoms with Gasteiger partial charge in [0, 0.05) is 18.9 Å². The summed E-state index contributed by atoms with van der Waals surface area (Å²) in [6.45, 7) is 2.12. The average molecular weight is 397 g/mol. The second kappa shape index (κ2) is 9.19. The van der Waals surface area contributed by atoms with E-state index in [1.54, 1.807) is 42.1 Å². The van der Waals surface area contributed by atoms with Gasteiger partial charge >= 0.3 is 0 Å². The largest absolute Gasteiger partial charge is 0.354 e. The SMILES string of the molecule is CC(NC(=O)c1ccccc1Cl)C(=O)NCCc1ccc(-n2cccn2)cc1. The van der Waals surface area contributed by atoms with Crippen molar-refractivity contribution in [2.24, 2.45) is 0 Å². The normalized spacial score (nSPS) is 11.6. The summed E-state index contributed by atoms with van der Waals surface area (Å²) in [4.78, 5) is 24.4. The topological polar surface area (TPSA) is 76.0 Å². The summed E-state index contributed by atoms with van der Waals surface area (Å²) in [5.41, 5.74) is 2.43. The van der Waals surface area contributed by atoms with Crippen LogP contribution in [0.5, 0.6) is 0 Å². The van der Waals surface area contributed by atoms with Crippen molar-refractivity contribution in [1.82, 2.24) is 20.4 Å². The molecule has 6 nitrogen and oxygen atoms in total. The van der Waals surface area contributed by atoms with Crippen LogP contribution in [-0.2, 0) is 11.2 Å². The van der Waals surface area contributed by atoms with Crippen LogP contribution in [0, 0.1) is 0 Å². The van der Waals surface area contributed by atoms with Crippen molar-refractivity contribution in [3.63, 3.8) is 0 Å². The quantitative estimate of drug-likeness (QED) is 0.644. The second-order valence-corrected chi connectivity index (χ2v) is 6.74. The molecule has 0 bridgehead atoms. The highest BCUT2D eigenvalue weighted by molar-refractivity contribution is 6.33. The third-order valence-electron chi connectivity index (χ3n) is 4.28. The molecule has 3 rings (SSSR count). The van der Waals surface area contributed by atoms with E-state index < -0.39 is 6.04 Å². The molecule has 0 radical (unpaired) electrons. The lowest BCUT2D eigenvalue weighted by atomic mass is 10.1. The highest BCUT2D eigenvalue weighted by Gasteiger charge is 2.17. The van der Waals surface area contributed by atoms with Crippen molar-refractivity contribution >= 4 is 23.4 Å². The van der Waals surface area contributed by atoms with Crippen LogP contribution in [0.25, 0.3) is 5.69 Å². The van der Waals surface area contributed by atoms with Gasteiger partial charge in [-0.3, -0.25) is 9.59 Å². The van der Waals surface area contributed by atoms with Gasteiger partial charge in [-0.15, -0.1) is 0 Å². The molecule has 0 saturated heterocycles. The predicted molar refractivity (Wildman–Crippen MR) is 109 cm³/mol. The first-order chi connectivity index (χ1) is 13.5. The molecule has 2 N–H and O–H groups in total. The number of hydrogen-bond acceptors (Lipinski definition) is 3. The number of carbonyl (C=O) groups is 2. The minimum Gasteiger partial charge on any atom is -0.354 e. The molecule has 144 valence electrons. The zero-order valence-corrected chi connectivity index (χ0v) is 16.2. The lowest BCUT2D eigenvalue weighted by Crippen LogP contribution is -2.45. The molecule has 0 spiro atoms. The van der Waals surface area contributed by atoms with Gasteiger partial charge in [-0.2, -0.15) is 5.10 Å². The van der Waals surface area contributed by atoms with E-state index in [0.717, 1.165) is 11.3 Å². The molecule has 1 aromatic heterocycles. The minimum absolute atomic E-state index is 0.242. The van der Waals surface area contributed by atoms with Crippen molar-refractivity contribution in [2.75, 3.05) is 6.54 Å². The van der Waals surface area contributed by atoms with Crippen LogP contribution in [0.2, 0.25) is 5.02 Å². The van der Waals surface area contributed by atoms with Crippen molar-refractivity contribution in [3.05, 3.63) is 83.1 Å². The van der Waals surface area contributed by atoms with E-state index in [1.165, 1.54) is 0 Å². The zero-order valence-electron chi connectivity index (χ0n) is 15.4. The highest BCUT2D eigenvalue weighted by Crippen LogP contribution is 2.14. The van der Waals surface area contributed by atoms with Crippen molar-refractivity contribution < 1.29 is 9.59 Å². The molecule has 28 heavy (non-hydrogen) atoms. The molecule has 0 aliphatic carbocycles. The smallest absolute Gasteiger partial charge is 0.253 e. The first-order valence-corrected chi connectivity index (χ1v) is 9.34. The third-order valence-corrected chi connectivity index (χ3v) is 4.61. The molecule has 2 aromatic carbocycles. The van der Waals surface area contributed by atoms with Gasteiger partial charge in [0.2, 0.25) is 5.91 Å². The Balaban J connectivity index is 1.46. The number of rotatable bonds is 7. The molecular weight excluding hydrogens is 376 g/mol. The summed E-state index contributed by atoms with van der Waals surface area (Å²) in [6.07, 6.45) is 4.30. The fraction of sp³-hybridized carbons (Fsp3) is 0.190. The molecule has 0 aliphatic heterocycles. The van der Waals surface area contributed by atoms with E-state index in [-0.39, 0.29) is 11.8 Å². The Morgan fingerprint density at radius 3 is 2.54 bits per heavy atom. The Kier molecular flexibility index (Phi) is 6.45. The van der Waals surface area contributed by atoms with Crippen LogP contribution >= 0.6 is 11.6 Å². The Hall–Kier alpha value is -3.12. The number of aromatic nitrogens is 2. The summed E-state index contributed by atoms with van der Waals surface area (Å²) in [5, 5.41) is 10.0. The van der Waals surface area contributed by atoms with E-state index in [2.05, 4.69) is 15.7 Å². The third kappa shape index (κ3) is 4.98. The Morgan fingerprint density at radius 2 is 1.86 bits per heavy atom. The standard InChI is InChI=1S/C21H21ClN4O2/c1-15(25-21(28)18-5-2-3-6-19(18)22)20(27)23-13-11-16-7-9-17(10-8-16)26-14-4-12-24-26/h2-10,12,14-15H,11,13H2,1H3,(H,23,27)(H,25,28). The number of benzene rings is 2. The van der Waals surface area contributed by atoms with E-state index in [9.17, 15) is 9.59 Å². The van der Waals surface area contributed by atoms with Crippen LogP contribution in [0.15, 0.2) is 67.0 Å². The second-order valence-electron chi connectivity index (χ2n) is 6.33. The summed E-state index contributed by atoms with van der Waals surface area (Å²) in [5.74, 6) is -0.615. The van der Waals surface area contributed by atoms with E-state index in [1.807, 2.05) is 36.5 Å². The lowest BCUT2D eigenvalue weighted by molar-refractivity contribution is -0.122. The van der Waals surface area contributed by atoms with Gasteiger partial charge in [0.05, 0.1) is 16.3 Å². The fourth-order valence-electron chi connectivity index (χ4n) is 2.71. The fourth-order valence-corrected chi connectivity index (χ4v) is 2.93. The van der Waals surface area contributed by atoms with Crippen LogP contribution < -0.4 is 10.6 Å². The summed E-state index contributed by atoms with van der Waals surface area (Å²) < 4.78 is 1.79. The first kappa shape index (κ1) is 19.6. The highest BCUT2D eigenvalue weighted by atomic mass is 35.5. The van der Waals surface area contributed by atoms with Crippen molar-refractivity contribution in [1.29, 1.82) is 0 Å². The molecule has 0 saturated carbocycles. The maximum atomic E-state index is 12.2. The van der Waals surface area contributed by atoms with Crippen LogP contribution in [0.3, 0.4) is 0 Å². The average Bonchev–Trinajstić information content (AvgIpc) is 3.23. The molecule has 1 atom stereocenters. The molecule has 3 aromatic rings. The Morgan fingerprint density at radius 1 is 1.11 bits per heavy atom. The molecule has 1 heterocycles. The lowest BCUT2D eigenvalue weighted by Gasteiger charge is -2.15. The van der Waals surface area contributed by atoms with Gasteiger partial charge in [0.25, 0.3) is 5.91 Å². The molecule has 0 aliphatic rings. The van der Waals surface area contributed by atoms with Crippen LogP contribution in [0.1, 0.15) is 22.8 Å². The summed E-state index contributed by atoms with van der Waals surface area (Å²) >= 11 is 6.01. The van der Waals surface area contributed by atoms with Gasteiger partial charge < -0.3 is 10.6 Å². The summed E-state index contributed by atoms with van der Waals surface area (Å²) in [6, 6.07) is 15.9. The van der Waals surface area contributed by atoms with Gasteiger partial charge in [-0.1, -0.05) is 35.9 Å². The number of hydrogen-bond donors (Lipinski definition) is 2. The number of nitrogens with zero attached hydrogens (tertiary/aromatic N) is 2. The van der Waals surface area contributed by atoms with Crippen LogP contribution in [0.4, 0.5) is 0 Å². The Bertz CT molecular complexity index is 939.